The first-order valence-electron chi connectivity index (χ1n) is 11.9. The lowest BCUT2D eigenvalue weighted by Gasteiger charge is -2.19. The summed E-state index contributed by atoms with van der Waals surface area (Å²) in [5.74, 6) is 0.448. The monoisotopic (exact) mass is 483 g/mol. The number of pyridine rings is 1. The molecule has 4 rings (SSSR count). The van der Waals surface area contributed by atoms with Crippen molar-refractivity contribution in [3.8, 4) is 11.1 Å². The predicted molar refractivity (Wildman–Crippen MR) is 146 cm³/mol. The molecular weight excluding hydrogens is 450 g/mol. The fourth-order valence-electron chi connectivity index (χ4n) is 4.11. The third-order valence-electron chi connectivity index (χ3n) is 6.47. The molecule has 2 heterocycles. The van der Waals surface area contributed by atoms with Crippen LogP contribution in [0.15, 0.2) is 65.6 Å². The van der Waals surface area contributed by atoms with Crippen molar-refractivity contribution in [2.45, 2.75) is 40.0 Å². The average Bonchev–Trinajstić information content (AvgIpc) is 3.14. The Labute approximate surface area is 211 Å². The number of aromatic nitrogens is 3. The smallest absolute Gasteiger partial charge is 0.274 e. The lowest BCUT2D eigenvalue weighted by atomic mass is 9.86. The second-order valence-electron chi connectivity index (χ2n) is 10.2. The highest BCUT2D eigenvalue weighted by Gasteiger charge is 2.16. The van der Waals surface area contributed by atoms with Gasteiger partial charge in [0.25, 0.3) is 11.5 Å². The number of nitrogens with one attached hydrogen (secondary N) is 2. The molecular formula is C29H33N5O2. The van der Waals surface area contributed by atoms with Crippen molar-refractivity contribution in [1.29, 1.82) is 0 Å². The van der Waals surface area contributed by atoms with Crippen LogP contribution in [0.4, 0.5) is 17.2 Å². The summed E-state index contributed by atoms with van der Waals surface area (Å²) in [4.78, 5) is 25.8. The van der Waals surface area contributed by atoms with Crippen LogP contribution in [0.3, 0.4) is 0 Å². The molecule has 4 aromatic rings. The first-order chi connectivity index (χ1) is 16.9. The van der Waals surface area contributed by atoms with Crippen molar-refractivity contribution in [2.24, 2.45) is 14.1 Å². The van der Waals surface area contributed by atoms with E-state index in [-0.39, 0.29) is 16.9 Å². The van der Waals surface area contributed by atoms with E-state index >= 15 is 0 Å². The minimum absolute atomic E-state index is 0.0266. The van der Waals surface area contributed by atoms with Crippen molar-refractivity contribution < 1.29 is 4.79 Å². The van der Waals surface area contributed by atoms with Crippen LogP contribution in [0.2, 0.25) is 0 Å². The molecule has 0 saturated carbocycles. The molecule has 0 aliphatic carbocycles. The van der Waals surface area contributed by atoms with Crippen LogP contribution >= 0.6 is 0 Å². The molecule has 2 N–H and O–H groups in total. The molecule has 0 bridgehead atoms. The Balaban J connectivity index is 1.63. The normalized spacial score (nSPS) is 11.4. The number of hydrogen-bond acceptors (Lipinski definition) is 4. The molecule has 7 heteroatoms. The van der Waals surface area contributed by atoms with E-state index in [4.69, 9.17) is 0 Å². The fraction of sp³-hybridized carbons (Fsp3) is 0.276. The molecule has 0 unspecified atom stereocenters. The number of hydrogen-bond donors (Lipinski definition) is 2. The van der Waals surface area contributed by atoms with Gasteiger partial charge >= 0.3 is 0 Å². The summed E-state index contributed by atoms with van der Waals surface area (Å²) in [6.45, 7) is 10.4. The zero-order chi connectivity index (χ0) is 26.2. The van der Waals surface area contributed by atoms with Gasteiger partial charge in [0.05, 0.1) is 0 Å². The molecule has 0 saturated heterocycles. The van der Waals surface area contributed by atoms with E-state index in [0.717, 1.165) is 28.1 Å². The molecule has 2 aromatic carbocycles. The van der Waals surface area contributed by atoms with E-state index in [2.05, 4.69) is 36.5 Å². The Kier molecular flexibility index (Phi) is 6.59. The first-order valence-corrected chi connectivity index (χ1v) is 11.9. The number of carbonyl (C=O) groups is 1. The van der Waals surface area contributed by atoms with Gasteiger partial charge in [0.1, 0.15) is 5.69 Å². The standard InChI is InChI=1S/C29H33N5O2/c1-18-15-26(32-34(18)7)30-25-16-21(17-33(6)28(25)36)23-9-8-10-24(19(23)2)31-27(35)20-11-13-22(14-12-20)29(3,4)5/h8-17H,1-7H3,(H,30,32)(H,31,35). The Morgan fingerprint density at radius 2 is 1.64 bits per heavy atom. The second kappa shape index (κ2) is 9.49. The Hall–Kier alpha value is -4.13. The van der Waals surface area contributed by atoms with E-state index in [1.54, 1.807) is 22.5 Å². The fourth-order valence-corrected chi connectivity index (χ4v) is 4.11. The summed E-state index contributed by atoms with van der Waals surface area (Å²) in [6.07, 6.45) is 1.80. The van der Waals surface area contributed by atoms with Crippen LogP contribution in [0, 0.1) is 13.8 Å². The first kappa shape index (κ1) is 25.0. The highest BCUT2D eigenvalue weighted by molar-refractivity contribution is 6.05. The van der Waals surface area contributed by atoms with Crippen molar-refractivity contribution >= 4 is 23.1 Å². The summed E-state index contributed by atoms with van der Waals surface area (Å²) >= 11 is 0. The predicted octanol–water partition coefficient (Wildman–Crippen LogP) is 5.70. The molecule has 0 atom stereocenters. The van der Waals surface area contributed by atoms with Gasteiger partial charge in [-0.2, -0.15) is 5.10 Å². The number of anilines is 3. The van der Waals surface area contributed by atoms with Crippen LogP contribution in [0.1, 0.15) is 48.0 Å². The van der Waals surface area contributed by atoms with Crippen LogP contribution < -0.4 is 16.2 Å². The van der Waals surface area contributed by atoms with Crippen molar-refractivity contribution in [1.82, 2.24) is 14.3 Å². The van der Waals surface area contributed by atoms with Gasteiger partial charge in [-0.15, -0.1) is 0 Å². The zero-order valence-electron chi connectivity index (χ0n) is 21.9. The van der Waals surface area contributed by atoms with Gasteiger partial charge in [0.15, 0.2) is 5.82 Å². The summed E-state index contributed by atoms with van der Waals surface area (Å²) in [7, 11) is 3.58. The number of aryl methyl sites for hydroxylation is 3. The summed E-state index contributed by atoms with van der Waals surface area (Å²) in [5, 5.41) is 10.6. The minimum atomic E-state index is -0.163. The molecule has 186 valence electrons. The van der Waals surface area contributed by atoms with Gasteiger partial charge < -0.3 is 15.2 Å². The lowest BCUT2D eigenvalue weighted by Crippen LogP contribution is -2.19. The van der Waals surface area contributed by atoms with Crippen LogP contribution in [-0.2, 0) is 19.5 Å². The van der Waals surface area contributed by atoms with E-state index in [1.807, 2.05) is 75.5 Å². The van der Waals surface area contributed by atoms with Gasteiger partial charge in [-0.3, -0.25) is 14.3 Å². The van der Waals surface area contributed by atoms with Crippen molar-refractivity contribution in [2.75, 3.05) is 10.6 Å². The largest absolute Gasteiger partial charge is 0.334 e. The third kappa shape index (κ3) is 5.10. The molecule has 0 spiro atoms. The molecule has 0 radical (unpaired) electrons. The highest BCUT2D eigenvalue weighted by atomic mass is 16.1. The number of carbonyl (C=O) groups excluding carboxylic acids is 1. The Morgan fingerprint density at radius 3 is 2.25 bits per heavy atom. The number of benzene rings is 2. The molecule has 7 nitrogen and oxygen atoms in total. The molecule has 1 amide bonds. The zero-order valence-corrected chi connectivity index (χ0v) is 21.9. The van der Waals surface area contributed by atoms with Gasteiger partial charge in [0, 0.05) is 48.9 Å². The molecule has 0 fully saturated rings. The lowest BCUT2D eigenvalue weighted by molar-refractivity contribution is 0.102. The number of rotatable bonds is 5. The van der Waals surface area contributed by atoms with Gasteiger partial charge in [-0.05, 0) is 60.2 Å². The van der Waals surface area contributed by atoms with E-state index < -0.39 is 0 Å². The van der Waals surface area contributed by atoms with E-state index in [9.17, 15) is 9.59 Å². The Bertz CT molecular complexity index is 1470. The van der Waals surface area contributed by atoms with E-state index in [1.165, 1.54) is 5.56 Å². The van der Waals surface area contributed by atoms with Crippen LogP contribution in [0.5, 0.6) is 0 Å². The summed E-state index contributed by atoms with van der Waals surface area (Å²) < 4.78 is 3.30. The van der Waals surface area contributed by atoms with Crippen molar-refractivity contribution in [3.63, 3.8) is 0 Å². The van der Waals surface area contributed by atoms with Crippen LogP contribution in [-0.4, -0.2) is 20.3 Å². The maximum atomic E-state index is 13.0. The van der Waals surface area contributed by atoms with Gasteiger partial charge in [-0.25, -0.2) is 0 Å². The maximum absolute atomic E-state index is 13.0. The second-order valence-corrected chi connectivity index (χ2v) is 10.2. The van der Waals surface area contributed by atoms with Gasteiger partial charge in [-0.1, -0.05) is 45.0 Å². The van der Waals surface area contributed by atoms with Crippen molar-refractivity contribution in [3.05, 3.63) is 93.5 Å². The number of amides is 1. The topological polar surface area (TPSA) is 81.0 Å². The average molecular weight is 484 g/mol. The molecule has 0 aliphatic heterocycles. The quantitative estimate of drug-likeness (QED) is 0.382. The van der Waals surface area contributed by atoms with Gasteiger partial charge in [0.2, 0.25) is 0 Å². The molecule has 36 heavy (non-hydrogen) atoms. The summed E-state index contributed by atoms with van der Waals surface area (Å²) in [5.41, 5.74) is 6.49. The SMILES string of the molecule is Cc1c(NC(=O)c2ccc(C(C)(C)C)cc2)cccc1-c1cc(Nc2cc(C)n(C)n2)c(=O)n(C)c1. The summed E-state index contributed by atoms with van der Waals surface area (Å²) in [6, 6.07) is 17.2. The van der Waals surface area contributed by atoms with E-state index in [0.29, 0.717) is 17.1 Å². The maximum Gasteiger partial charge on any atom is 0.274 e. The molecule has 2 aromatic heterocycles. The minimum Gasteiger partial charge on any atom is -0.334 e. The molecule has 0 aliphatic rings. The number of nitrogens with zero attached hydrogens (tertiary/aromatic N) is 3. The van der Waals surface area contributed by atoms with Crippen LogP contribution in [0.25, 0.3) is 11.1 Å². The third-order valence-corrected chi connectivity index (χ3v) is 6.47. The Morgan fingerprint density at radius 1 is 0.944 bits per heavy atom. The highest BCUT2D eigenvalue weighted by Crippen LogP contribution is 2.30.